The molecule has 0 aromatic heterocycles. The highest BCUT2D eigenvalue weighted by Crippen LogP contribution is 2.46. The molecule has 1 aliphatic rings. The number of methoxy groups -OCH3 is 4. The molecule has 0 bridgehead atoms. The first-order valence-electron chi connectivity index (χ1n) is 10.7. The van der Waals surface area contributed by atoms with Crippen LogP contribution in [0.5, 0.6) is 23.0 Å². The van der Waals surface area contributed by atoms with Crippen LogP contribution in [0.1, 0.15) is 36.2 Å². The SMILES string of the molecule is COCS(=O)(=O)c1cc([C@@H]2CC[C@@H](c3cc(OC)c(OC)c(OC)c3)O2)ccc1OCCNO. The predicted molar refractivity (Wildman–Crippen MR) is 123 cm³/mol. The molecule has 2 aromatic rings. The largest absolute Gasteiger partial charge is 0.493 e. The summed E-state index contributed by atoms with van der Waals surface area (Å²) in [5.41, 5.74) is 3.57. The summed E-state index contributed by atoms with van der Waals surface area (Å²) >= 11 is 0. The summed E-state index contributed by atoms with van der Waals surface area (Å²) in [6.45, 7) is 0.238. The van der Waals surface area contributed by atoms with E-state index in [1.807, 2.05) is 17.6 Å². The van der Waals surface area contributed by atoms with Gasteiger partial charge < -0.3 is 33.6 Å². The first-order valence-corrected chi connectivity index (χ1v) is 12.3. The molecule has 1 saturated heterocycles. The second-order valence-electron chi connectivity index (χ2n) is 7.63. The zero-order valence-corrected chi connectivity index (χ0v) is 20.5. The number of hydroxylamine groups is 1. The van der Waals surface area contributed by atoms with Gasteiger partial charge in [-0.05, 0) is 48.2 Å². The van der Waals surface area contributed by atoms with Crippen LogP contribution < -0.4 is 24.4 Å². The molecule has 0 spiro atoms. The highest BCUT2D eigenvalue weighted by atomic mass is 32.2. The third kappa shape index (κ3) is 5.73. The Hall–Kier alpha value is -2.57. The summed E-state index contributed by atoms with van der Waals surface area (Å²) in [5, 5.41) is 8.75. The average Bonchev–Trinajstić information content (AvgIpc) is 3.33. The van der Waals surface area contributed by atoms with Gasteiger partial charge in [-0.25, -0.2) is 13.9 Å². The number of hydrogen-bond acceptors (Lipinski definition) is 10. The van der Waals surface area contributed by atoms with Crippen LogP contribution in [0.15, 0.2) is 35.2 Å². The molecule has 11 heteroatoms. The number of ether oxygens (including phenoxy) is 6. The van der Waals surface area contributed by atoms with E-state index in [9.17, 15) is 8.42 Å². The van der Waals surface area contributed by atoms with E-state index >= 15 is 0 Å². The quantitative estimate of drug-likeness (QED) is 0.334. The van der Waals surface area contributed by atoms with Crippen molar-refractivity contribution in [3.05, 3.63) is 41.5 Å². The minimum absolute atomic E-state index is 0.0182. The van der Waals surface area contributed by atoms with Gasteiger partial charge in [0.1, 0.15) is 17.3 Å². The molecule has 0 saturated carbocycles. The van der Waals surface area contributed by atoms with Crippen LogP contribution >= 0.6 is 0 Å². The van der Waals surface area contributed by atoms with Crippen LogP contribution in [0.3, 0.4) is 0 Å². The Morgan fingerprint density at radius 1 is 0.941 bits per heavy atom. The smallest absolute Gasteiger partial charge is 0.205 e. The standard InChI is InChI=1S/C23H31NO9S/c1-28-14-34(26,27)22-13-15(5-6-19(22)32-10-9-24-25)17-7-8-18(33-17)16-11-20(29-2)23(31-4)21(12-16)30-3/h5-6,11-13,17-18,24-25H,7-10,14H2,1-4H3/t17-,18-/m0/s1. The highest BCUT2D eigenvalue weighted by Gasteiger charge is 2.31. The van der Waals surface area contributed by atoms with Gasteiger partial charge in [0.2, 0.25) is 15.6 Å². The molecule has 1 aliphatic heterocycles. The van der Waals surface area contributed by atoms with Crippen molar-refractivity contribution in [3.8, 4) is 23.0 Å². The van der Waals surface area contributed by atoms with Gasteiger partial charge in [-0.1, -0.05) is 6.07 Å². The van der Waals surface area contributed by atoms with Gasteiger partial charge in [-0.15, -0.1) is 0 Å². The molecule has 0 radical (unpaired) electrons. The van der Waals surface area contributed by atoms with Crippen molar-refractivity contribution in [1.29, 1.82) is 0 Å². The second kappa shape index (κ2) is 11.7. The fourth-order valence-corrected chi connectivity index (χ4v) is 5.11. The van der Waals surface area contributed by atoms with E-state index in [1.54, 1.807) is 39.5 Å². The molecule has 2 atom stereocenters. The Labute approximate surface area is 199 Å². The van der Waals surface area contributed by atoms with Crippen molar-refractivity contribution < 1.29 is 42.0 Å². The maximum Gasteiger partial charge on any atom is 0.205 e. The van der Waals surface area contributed by atoms with Gasteiger partial charge in [0, 0.05) is 7.11 Å². The van der Waals surface area contributed by atoms with Gasteiger partial charge in [0.25, 0.3) is 0 Å². The van der Waals surface area contributed by atoms with E-state index in [2.05, 4.69) is 0 Å². The van der Waals surface area contributed by atoms with Crippen molar-refractivity contribution >= 4 is 9.84 Å². The lowest BCUT2D eigenvalue weighted by molar-refractivity contribution is 0.0436. The summed E-state index contributed by atoms with van der Waals surface area (Å²) in [6.07, 6.45) is 0.877. The van der Waals surface area contributed by atoms with Crippen molar-refractivity contribution in [2.75, 3.05) is 47.5 Å². The molecule has 1 fully saturated rings. The van der Waals surface area contributed by atoms with Gasteiger partial charge in [0.15, 0.2) is 17.4 Å². The number of sulfone groups is 1. The molecule has 188 valence electrons. The van der Waals surface area contributed by atoms with Crippen molar-refractivity contribution in [3.63, 3.8) is 0 Å². The molecule has 1 heterocycles. The predicted octanol–water partition coefficient (Wildman–Crippen LogP) is 3.04. The van der Waals surface area contributed by atoms with Crippen LogP contribution in [-0.4, -0.2) is 61.2 Å². The van der Waals surface area contributed by atoms with Crippen LogP contribution in [0.4, 0.5) is 0 Å². The lowest BCUT2D eigenvalue weighted by atomic mass is 10.0. The van der Waals surface area contributed by atoms with Gasteiger partial charge >= 0.3 is 0 Å². The molecule has 0 amide bonds. The molecular formula is C23H31NO9S. The van der Waals surface area contributed by atoms with E-state index in [0.29, 0.717) is 23.7 Å². The molecule has 3 rings (SSSR count). The van der Waals surface area contributed by atoms with Crippen LogP contribution in [-0.2, 0) is 19.3 Å². The zero-order valence-electron chi connectivity index (χ0n) is 19.7. The van der Waals surface area contributed by atoms with Crippen molar-refractivity contribution in [2.24, 2.45) is 0 Å². The second-order valence-corrected chi connectivity index (χ2v) is 9.54. The number of benzene rings is 2. The fraction of sp³-hybridized carbons (Fsp3) is 0.478. The third-order valence-electron chi connectivity index (χ3n) is 5.50. The minimum Gasteiger partial charge on any atom is -0.493 e. The van der Waals surface area contributed by atoms with Crippen LogP contribution in [0.2, 0.25) is 0 Å². The molecule has 2 N–H and O–H groups in total. The van der Waals surface area contributed by atoms with Crippen molar-refractivity contribution in [1.82, 2.24) is 5.48 Å². The fourth-order valence-electron chi connectivity index (χ4n) is 3.93. The van der Waals surface area contributed by atoms with Crippen LogP contribution in [0, 0.1) is 0 Å². The van der Waals surface area contributed by atoms with E-state index in [4.69, 9.17) is 33.6 Å². The normalized spacial score (nSPS) is 18.0. The molecule has 34 heavy (non-hydrogen) atoms. The van der Waals surface area contributed by atoms with E-state index in [0.717, 1.165) is 17.5 Å². The summed E-state index contributed by atoms with van der Waals surface area (Å²) in [5.74, 6) is 1.29. The summed E-state index contributed by atoms with van der Waals surface area (Å²) in [4.78, 5) is 0.0182. The highest BCUT2D eigenvalue weighted by molar-refractivity contribution is 7.91. The van der Waals surface area contributed by atoms with Crippen molar-refractivity contribution in [2.45, 2.75) is 29.9 Å². The molecular weight excluding hydrogens is 466 g/mol. The Morgan fingerprint density at radius 3 is 2.15 bits per heavy atom. The molecule has 10 nitrogen and oxygen atoms in total. The molecule has 0 aliphatic carbocycles. The first kappa shape index (κ1) is 26.0. The molecule has 2 aromatic carbocycles. The first-order chi connectivity index (χ1) is 16.4. The zero-order chi connectivity index (χ0) is 24.7. The summed E-state index contributed by atoms with van der Waals surface area (Å²) in [6, 6.07) is 8.67. The summed E-state index contributed by atoms with van der Waals surface area (Å²) < 4.78 is 58.6. The monoisotopic (exact) mass is 497 g/mol. The average molecular weight is 498 g/mol. The lowest BCUT2D eigenvalue weighted by Crippen LogP contribution is -2.18. The van der Waals surface area contributed by atoms with Crippen LogP contribution in [0.25, 0.3) is 0 Å². The maximum absolute atomic E-state index is 12.8. The Bertz CT molecular complexity index is 1050. The minimum atomic E-state index is -3.75. The Kier molecular flexibility index (Phi) is 8.97. The van der Waals surface area contributed by atoms with Gasteiger partial charge in [0.05, 0.1) is 40.1 Å². The number of rotatable bonds is 12. The number of hydrogen-bond donors (Lipinski definition) is 2. The third-order valence-corrected chi connectivity index (χ3v) is 7.03. The molecule has 0 unspecified atom stereocenters. The number of nitrogens with one attached hydrogen (secondary N) is 1. The van der Waals surface area contributed by atoms with Gasteiger partial charge in [-0.2, -0.15) is 0 Å². The Balaban J connectivity index is 1.88. The Morgan fingerprint density at radius 2 is 1.59 bits per heavy atom. The van der Waals surface area contributed by atoms with E-state index in [-0.39, 0.29) is 36.0 Å². The van der Waals surface area contributed by atoms with E-state index in [1.165, 1.54) is 7.11 Å². The summed E-state index contributed by atoms with van der Waals surface area (Å²) in [7, 11) is 2.23. The lowest BCUT2D eigenvalue weighted by Gasteiger charge is -2.19. The van der Waals surface area contributed by atoms with E-state index < -0.39 is 15.8 Å². The van der Waals surface area contributed by atoms with Gasteiger partial charge in [-0.3, -0.25) is 0 Å². The maximum atomic E-state index is 12.8. The topological polar surface area (TPSA) is 122 Å².